The van der Waals surface area contributed by atoms with E-state index in [1.54, 1.807) is 13.8 Å². The van der Waals surface area contributed by atoms with Crippen molar-refractivity contribution in [3.63, 3.8) is 0 Å². The van der Waals surface area contributed by atoms with Crippen molar-refractivity contribution in [3.05, 3.63) is 12.2 Å². The van der Waals surface area contributed by atoms with Gasteiger partial charge in [0.1, 0.15) is 24.6 Å². The molecule has 110 valence electrons. The van der Waals surface area contributed by atoms with E-state index in [-0.39, 0.29) is 12.4 Å². The molecule has 0 aliphatic carbocycles. The van der Waals surface area contributed by atoms with Crippen molar-refractivity contribution in [2.24, 2.45) is 5.73 Å². The predicted molar refractivity (Wildman–Crippen MR) is 63.4 cm³/mol. The molecular formula is C11H16N4O5. The quantitative estimate of drug-likeness (QED) is 0.713. The number of carbonyl (C=O) groups excluding carboxylic acids is 1. The molecule has 2 aliphatic rings. The molecule has 1 aromatic heterocycles. The van der Waals surface area contributed by atoms with Crippen LogP contribution in [0.15, 0.2) is 6.33 Å². The monoisotopic (exact) mass is 284 g/mol. The van der Waals surface area contributed by atoms with Gasteiger partial charge in [0, 0.05) is 0 Å². The van der Waals surface area contributed by atoms with Crippen molar-refractivity contribution >= 4 is 5.91 Å². The molecule has 3 N–H and O–H groups in total. The molecule has 0 bridgehead atoms. The van der Waals surface area contributed by atoms with Gasteiger partial charge in [0.2, 0.25) is 5.82 Å². The third-order valence-corrected chi connectivity index (χ3v) is 3.29. The lowest BCUT2D eigenvalue weighted by atomic mass is 10.1. The van der Waals surface area contributed by atoms with Crippen molar-refractivity contribution in [2.45, 2.75) is 44.2 Å². The minimum atomic E-state index is -0.766. The molecule has 20 heavy (non-hydrogen) atoms. The largest absolute Gasteiger partial charge is 0.394 e. The Morgan fingerprint density at radius 3 is 2.80 bits per heavy atom. The fourth-order valence-electron chi connectivity index (χ4n) is 2.53. The minimum absolute atomic E-state index is 0.101. The molecule has 3 rings (SSSR count). The van der Waals surface area contributed by atoms with Gasteiger partial charge in [-0.25, -0.2) is 9.67 Å². The molecule has 9 nitrogen and oxygen atoms in total. The van der Waals surface area contributed by atoms with Crippen LogP contribution in [0.2, 0.25) is 0 Å². The van der Waals surface area contributed by atoms with Crippen molar-refractivity contribution < 1.29 is 24.1 Å². The molecule has 2 aliphatic heterocycles. The van der Waals surface area contributed by atoms with Gasteiger partial charge in [-0.1, -0.05) is 0 Å². The molecule has 0 unspecified atom stereocenters. The first-order chi connectivity index (χ1) is 9.41. The molecule has 0 saturated carbocycles. The molecule has 0 aromatic carbocycles. The summed E-state index contributed by atoms with van der Waals surface area (Å²) in [5.74, 6) is -1.59. The normalized spacial score (nSPS) is 35.1. The first-order valence-corrected chi connectivity index (χ1v) is 6.24. The second-order valence-electron chi connectivity index (χ2n) is 5.22. The second kappa shape index (κ2) is 4.48. The van der Waals surface area contributed by atoms with Gasteiger partial charge in [0.25, 0.3) is 5.91 Å². The third kappa shape index (κ3) is 2.08. The van der Waals surface area contributed by atoms with Gasteiger partial charge in [-0.2, -0.15) is 0 Å². The van der Waals surface area contributed by atoms with Crippen LogP contribution in [0.4, 0.5) is 0 Å². The van der Waals surface area contributed by atoms with E-state index in [4.69, 9.17) is 19.9 Å². The molecular weight excluding hydrogens is 268 g/mol. The SMILES string of the molecule is CC1(C)O[C@@H]2[C@H](O1)[C@@H](CO)O[C@@H]2n1cnc(C(N)=O)n1. The summed E-state index contributed by atoms with van der Waals surface area (Å²) in [6.45, 7) is 3.37. The Balaban J connectivity index is 1.87. The Labute approximate surface area is 114 Å². The number of fused-ring (bicyclic) bond motifs is 1. The summed E-state index contributed by atoms with van der Waals surface area (Å²) >= 11 is 0. The van der Waals surface area contributed by atoms with Crippen LogP contribution >= 0.6 is 0 Å². The number of aliphatic hydroxyl groups is 1. The van der Waals surface area contributed by atoms with Crippen LogP contribution in [-0.4, -0.2) is 56.5 Å². The number of hydrogen-bond donors (Lipinski definition) is 2. The van der Waals surface area contributed by atoms with E-state index >= 15 is 0 Å². The van der Waals surface area contributed by atoms with E-state index in [9.17, 15) is 9.90 Å². The van der Waals surface area contributed by atoms with E-state index in [2.05, 4.69) is 10.1 Å². The molecule has 3 heterocycles. The molecule has 2 fully saturated rings. The lowest BCUT2D eigenvalue weighted by Gasteiger charge is -2.23. The minimum Gasteiger partial charge on any atom is -0.394 e. The Kier molecular flexibility index (Phi) is 3.01. The average Bonchev–Trinajstić information content (AvgIpc) is 3.01. The number of primary amides is 1. The van der Waals surface area contributed by atoms with Crippen LogP contribution in [0.5, 0.6) is 0 Å². The summed E-state index contributed by atoms with van der Waals surface area (Å²) in [4.78, 5) is 14.8. The highest BCUT2D eigenvalue weighted by molar-refractivity contribution is 5.88. The van der Waals surface area contributed by atoms with Gasteiger partial charge >= 0.3 is 0 Å². The summed E-state index contributed by atoms with van der Waals surface area (Å²) in [5, 5.41) is 13.3. The number of nitrogens with zero attached hydrogens (tertiary/aromatic N) is 3. The Morgan fingerprint density at radius 1 is 1.50 bits per heavy atom. The Bertz CT molecular complexity index is 531. The van der Waals surface area contributed by atoms with Crippen LogP contribution in [0, 0.1) is 0 Å². The van der Waals surface area contributed by atoms with Gasteiger partial charge < -0.3 is 25.1 Å². The van der Waals surface area contributed by atoms with Crippen LogP contribution in [0.3, 0.4) is 0 Å². The zero-order chi connectivity index (χ0) is 14.5. The summed E-state index contributed by atoms with van der Waals surface area (Å²) in [5.41, 5.74) is 5.12. The van der Waals surface area contributed by atoms with Gasteiger partial charge in [-0.15, -0.1) is 5.10 Å². The molecule has 9 heteroatoms. The van der Waals surface area contributed by atoms with E-state index < -0.39 is 36.2 Å². The predicted octanol–water partition coefficient (Wildman–Crippen LogP) is -1.21. The Morgan fingerprint density at radius 2 is 2.20 bits per heavy atom. The van der Waals surface area contributed by atoms with E-state index in [1.165, 1.54) is 11.0 Å². The number of carbonyl (C=O) groups is 1. The first kappa shape index (κ1) is 13.4. The van der Waals surface area contributed by atoms with Crippen molar-refractivity contribution in [2.75, 3.05) is 6.61 Å². The number of aliphatic hydroxyl groups excluding tert-OH is 1. The summed E-state index contributed by atoms with van der Waals surface area (Å²) < 4.78 is 18.5. The zero-order valence-electron chi connectivity index (χ0n) is 11.1. The topological polar surface area (TPSA) is 122 Å². The van der Waals surface area contributed by atoms with Crippen LogP contribution in [0.25, 0.3) is 0 Å². The van der Waals surface area contributed by atoms with Crippen molar-refractivity contribution in [1.29, 1.82) is 0 Å². The van der Waals surface area contributed by atoms with Gasteiger partial charge in [0.05, 0.1) is 6.61 Å². The van der Waals surface area contributed by atoms with Crippen molar-refractivity contribution in [3.8, 4) is 0 Å². The van der Waals surface area contributed by atoms with Gasteiger partial charge in [0.15, 0.2) is 12.0 Å². The zero-order valence-corrected chi connectivity index (χ0v) is 11.1. The summed E-state index contributed by atoms with van der Waals surface area (Å²) in [7, 11) is 0. The number of ether oxygens (including phenoxy) is 3. The number of hydrogen-bond acceptors (Lipinski definition) is 7. The molecule has 2 saturated heterocycles. The average molecular weight is 284 g/mol. The standard InChI is InChI=1S/C11H16N4O5/c1-11(2)19-6-5(3-16)18-10(7(6)20-11)15-4-13-9(14-15)8(12)17/h4-7,10,16H,3H2,1-2H3,(H2,12,17)/t5-,6-,7-,10+/m1/s1. The fourth-order valence-corrected chi connectivity index (χ4v) is 2.53. The third-order valence-electron chi connectivity index (χ3n) is 3.29. The van der Waals surface area contributed by atoms with Gasteiger partial charge in [-0.3, -0.25) is 4.79 Å². The van der Waals surface area contributed by atoms with E-state index in [1.807, 2.05) is 0 Å². The maximum absolute atomic E-state index is 11.0. The number of rotatable bonds is 3. The number of amides is 1. The molecule has 0 spiro atoms. The Hall–Kier alpha value is -1.55. The number of aromatic nitrogens is 3. The molecule has 0 radical (unpaired) electrons. The summed E-state index contributed by atoms with van der Waals surface area (Å²) in [6.07, 6.45) is -0.644. The smallest absolute Gasteiger partial charge is 0.288 e. The fraction of sp³-hybridized carbons (Fsp3) is 0.727. The van der Waals surface area contributed by atoms with Crippen molar-refractivity contribution in [1.82, 2.24) is 14.8 Å². The second-order valence-corrected chi connectivity index (χ2v) is 5.22. The number of nitrogens with two attached hydrogens (primary N) is 1. The van der Waals surface area contributed by atoms with E-state index in [0.29, 0.717) is 0 Å². The lowest BCUT2D eigenvalue weighted by Crippen LogP contribution is -2.31. The molecule has 1 amide bonds. The highest BCUT2D eigenvalue weighted by Gasteiger charge is 2.56. The maximum Gasteiger partial charge on any atom is 0.288 e. The van der Waals surface area contributed by atoms with Crippen LogP contribution in [-0.2, 0) is 14.2 Å². The molecule has 4 atom stereocenters. The summed E-state index contributed by atoms with van der Waals surface area (Å²) in [6, 6.07) is 0. The lowest BCUT2D eigenvalue weighted by molar-refractivity contribution is -0.201. The van der Waals surface area contributed by atoms with Gasteiger partial charge in [-0.05, 0) is 13.8 Å². The van der Waals surface area contributed by atoms with Crippen LogP contribution < -0.4 is 5.73 Å². The molecule has 1 aromatic rings. The van der Waals surface area contributed by atoms with E-state index in [0.717, 1.165) is 0 Å². The maximum atomic E-state index is 11.0. The highest BCUT2D eigenvalue weighted by atomic mass is 16.8. The van der Waals surface area contributed by atoms with Crippen LogP contribution in [0.1, 0.15) is 30.7 Å². The first-order valence-electron chi connectivity index (χ1n) is 6.24. The highest BCUT2D eigenvalue weighted by Crippen LogP contribution is 2.42.